The number of carbonyl (C=O) groups excluding carboxylic acids is 2. The van der Waals surface area contributed by atoms with Crippen molar-refractivity contribution in [1.29, 1.82) is 0 Å². The molecule has 2 N–H and O–H groups in total. The van der Waals surface area contributed by atoms with Crippen molar-refractivity contribution >= 4 is 23.4 Å². The lowest BCUT2D eigenvalue weighted by Gasteiger charge is -2.45. The SMILES string of the molecule is O=C(CCc1ccc(Cl)cc1)N[C@H]1CC[C@]2(CCC(=O)N2)[C@@H](c2ccccc2)C1. The topological polar surface area (TPSA) is 58.2 Å². The molecule has 1 aliphatic heterocycles. The van der Waals surface area contributed by atoms with E-state index >= 15 is 0 Å². The van der Waals surface area contributed by atoms with Gasteiger partial charge in [0.2, 0.25) is 11.8 Å². The summed E-state index contributed by atoms with van der Waals surface area (Å²) in [6, 6.07) is 18.2. The number of carbonyl (C=O) groups is 2. The highest BCUT2D eigenvalue weighted by Crippen LogP contribution is 2.45. The van der Waals surface area contributed by atoms with E-state index in [1.807, 2.05) is 42.5 Å². The number of benzene rings is 2. The Labute approximate surface area is 177 Å². The van der Waals surface area contributed by atoms with Gasteiger partial charge in [-0.25, -0.2) is 0 Å². The van der Waals surface area contributed by atoms with Crippen molar-refractivity contribution in [2.75, 3.05) is 0 Å². The Bertz CT molecular complexity index is 868. The van der Waals surface area contributed by atoms with E-state index in [1.165, 1.54) is 5.56 Å². The molecule has 29 heavy (non-hydrogen) atoms. The van der Waals surface area contributed by atoms with E-state index in [-0.39, 0.29) is 29.3 Å². The fraction of sp³-hybridized carbons (Fsp3) is 0.417. The molecule has 0 aromatic heterocycles. The average molecular weight is 411 g/mol. The first-order valence-corrected chi connectivity index (χ1v) is 10.8. The van der Waals surface area contributed by atoms with Gasteiger partial charge in [0.1, 0.15) is 0 Å². The lowest BCUT2D eigenvalue weighted by molar-refractivity contribution is -0.123. The molecule has 4 nitrogen and oxygen atoms in total. The van der Waals surface area contributed by atoms with Crippen molar-refractivity contribution in [2.45, 2.75) is 62.4 Å². The summed E-state index contributed by atoms with van der Waals surface area (Å²) in [6.07, 6.45) is 5.31. The number of halogens is 1. The second-order valence-corrected chi connectivity index (χ2v) is 8.77. The van der Waals surface area contributed by atoms with Crippen molar-refractivity contribution in [2.24, 2.45) is 0 Å². The van der Waals surface area contributed by atoms with Crippen molar-refractivity contribution in [3.8, 4) is 0 Å². The average Bonchev–Trinajstić information content (AvgIpc) is 3.11. The highest BCUT2D eigenvalue weighted by atomic mass is 35.5. The lowest BCUT2D eigenvalue weighted by Crippen LogP contribution is -2.53. The maximum absolute atomic E-state index is 12.6. The Morgan fingerprint density at radius 3 is 2.55 bits per heavy atom. The maximum atomic E-state index is 12.6. The van der Waals surface area contributed by atoms with E-state index in [0.29, 0.717) is 24.3 Å². The van der Waals surface area contributed by atoms with Crippen LogP contribution in [0.5, 0.6) is 0 Å². The van der Waals surface area contributed by atoms with Crippen LogP contribution in [0.4, 0.5) is 0 Å². The van der Waals surface area contributed by atoms with Crippen LogP contribution in [0.25, 0.3) is 0 Å². The summed E-state index contributed by atoms with van der Waals surface area (Å²) in [5.41, 5.74) is 2.20. The lowest BCUT2D eigenvalue weighted by atomic mass is 9.67. The van der Waals surface area contributed by atoms with Gasteiger partial charge in [-0.1, -0.05) is 54.1 Å². The molecular formula is C24H27ClN2O2. The summed E-state index contributed by atoms with van der Waals surface area (Å²) in [6.45, 7) is 0. The number of hydrogen-bond acceptors (Lipinski definition) is 2. The summed E-state index contributed by atoms with van der Waals surface area (Å²) in [4.78, 5) is 24.6. The molecule has 2 aromatic carbocycles. The van der Waals surface area contributed by atoms with Gasteiger partial charge < -0.3 is 10.6 Å². The maximum Gasteiger partial charge on any atom is 0.220 e. The van der Waals surface area contributed by atoms with E-state index in [1.54, 1.807) is 0 Å². The molecule has 1 saturated carbocycles. The Morgan fingerprint density at radius 1 is 1.10 bits per heavy atom. The quantitative estimate of drug-likeness (QED) is 0.768. The van der Waals surface area contributed by atoms with Gasteiger partial charge in [-0.05, 0) is 55.4 Å². The first-order valence-electron chi connectivity index (χ1n) is 10.4. The Kier molecular flexibility index (Phi) is 5.91. The first-order chi connectivity index (χ1) is 14.0. The minimum absolute atomic E-state index is 0.0863. The fourth-order valence-electron chi connectivity index (χ4n) is 4.90. The molecule has 0 bridgehead atoms. The zero-order valence-electron chi connectivity index (χ0n) is 16.5. The normalized spacial score (nSPS) is 26.3. The number of nitrogens with one attached hydrogen (secondary N) is 2. The molecule has 0 radical (unpaired) electrons. The molecule has 1 saturated heterocycles. The smallest absolute Gasteiger partial charge is 0.220 e. The summed E-state index contributed by atoms with van der Waals surface area (Å²) in [7, 11) is 0. The van der Waals surface area contributed by atoms with Crippen LogP contribution in [-0.4, -0.2) is 23.4 Å². The van der Waals surface area contributed by atoms with Gasteiger partial charge in [0.25, 0.3) is 0 Å². The molecule has 1 aliphatic carbocycles. The van der Waals surface area contributed by atoms with Crippen molar-refractivity contribution in [3.05, 3.63) is 70.7 Å². The predicted molar refractivity (Wildman–Crippen MR) is 115 cm³/mol. The first kappa shape index (κ1) is 20.0. The summed E-state index contributed by atoms with van der Waals surface area (Å²) < 4.78 is 0. The van der Waals surface area contributed by atoms with Gasteiger partial charge >= 0.3 is 0 Å². The zero-order valence-corrected chi connectivity index (χ0v) is 17.3. The fourth-order valence-corrected chi connectivity index (χ4v) is 5.03. The molecule has 2 aliphatic rings. The molecule has 2 fully saturated rings. The van der Waals surface area contributed by atoms with Gasteiger partial charge in [-0.3, -0.25) is 9.59 Å². The van der Waals surface area contributed by atoms with Crippen LogP contribution in [-0.2, 0) is 16.0 Å². The van der Waals surface area contributed by atoms with Gasteiger partial charge in [-0.15, -0.1) is 0 Å². The van der Waals surface area contributed by atoms with Crippen molar-refractivity contribution in [3.63, 3.8) is 0 Å². The van der Waals surface area contributed by atoms with Gasteiger partial charge in [0, 0.05) is 35.4 Å². The molecule has 1 heterocycles. The molecule has 0 unspecified atom stereocenters. The van der Waals surface area contributed by atoms with Crippen LogP contribution in [0.15, 0.2) is 54.6 Å². The number of hydrogen-bond donors (Lipinski definition) is 2. The van der Waals surface area contributed by atoms with E-state index in [9.17, 15) is 9.59 Å². The molecule has 2 aromatic rings. The largest absolute Gasteiger partial charge is 0.353 e. The number of rotatable bonds is 5. The second-order valence-electron chi connectivity index (χ2n) is 8.33. The van der Waals surface area contributed by atoms with E-state index in [4.69, 9.17) is 11.6 Å². The molecule has 5 heteroatoms. The molecular weight excluding hydrogens is 384 g/mol. The van der Waals surface area contributed by atoms with Gasteiger partial charge in [0.15, 0.2) is 0 Å². The highest BCUT2D eigenvalue weighted by Gasteiger charge is 2.48. The van der Waals surface area contributed by atoms with Crippen LogP contribution in [0.1, 0.15) is 55.6 Å². The zero-order chi connectivity index (χ0) is 20.3. The van der Waals surface area contributed by atoms with Crippen LogP contribution in [0.3, 0.4) is 0 Å². The third kappa shape index (κ3) is 4.64. The Morgan fingerprint density at radius 2 is 1.86 bits per heavy atom. The Hall–Kier alpha value is -2.33. The molecule has 152 valence electrons. The number of amides is 2. The van der Waals surface area contributed by atoms with Gasteiger partial charge in [0.05, 0.1) is 0 Å². The number of aryl methyl sites for hydroxylation is 1. The van der Waals surface area contributed by atoms with E-state index < -0.39 is 0 Å². The van der Waals surface area contributed by atoms with Crippen LogP contribution < -0.4 is 10.6 Å². The van der Waals surface area contributed by atoms with Crippen LogP contribution >= 0.6 is 11.6 Å². The molecule has 3 atom stereocenters. The third-order valence-corrected chi connectivity index (χ3v) is 6.69. The monoisotopic (exact) mass is 410 g/mol. The summed E-state index contributed by atoms with van der Waals surface area (Å²) in [5, 5.41) is 7.23. The predicted octanol–water partition coefficient (Wildman–Crippen LogP) is 4.37. The third-order valence-electron chi connectivity index (χ3n) is 6.43. The molecule has 1 spiro atoms. The van der Waals surface area contributed by atoms with Crippen LogP contribution in [0, 0.1) is 0 Å². The minimum Gasteiger partial charge on any atom is -0.353 e. The second kappa shape index (κ2) is 8.58. The van der Waals surface area contributed by atoms with Gasteiger partial charge in [-0.2, -0.15) is 0 Å². The Balaban J connectivity index is 1.40. The van der Waals surface area contributed by atoms with E-state index in [2.05, 4.69) is 22.8 Å². The van der Waals surface area contributed by atoms with Crippen molar-refractivity contribution in [1.82, 2.24) is 10.6 Å². The molecule has 2 amide bonds. The van der Waals surface area contributed by atoms with Crippen molar-refractivity contribution < 1.29 is 9.59 Å². The summed E-state index contributed by atoms with van der Waals surface area (Å²) >= 11 is 5.92. The minimum atomic E-state index is -0.164. The highest BCUT2D eigenvalue weighted by molar-refractivity contribution is 6.30. The molecule has 4 rings (SSSR count). The summed E-state index contributed by atoms with van der Waals surface area (Å²) in [5.74, 6) is 0.463. The van der Waals surface area contributed by atoms with E-state index in [0.717, 1.165) is 31.2 Å². The standard InChI is InChI=1S/C24H27ClN2O2/c25-19-9-6-17(7-10-19)8-11-22(28)26-20-12-14-24(15-13-23(29)27-24)21(16-20)18-4-2-1-3-5-18/h1-7,9-10,20-21H,8,11-16H2,(H,26,28)(H,27,29)/t20-,21+,24-/m0/s1. The van der Waals surface area contributed by atoms with Crippen LogP contribution in [0.2, 0.25) is 5.02 Å².